The summed E-state index contributed by atoms with van der Waals surface area (Å²) in [5.74, 6) is 0. The van der Waals surface area contributed by atoms with Crippen LogP contribution in [0.15, 0.2) is 78.0 Å². The fourth-order valence-electron chi connectivity index (χ4n) is 3.57. The highest BCUT2D eigenvalue weighted by atomic mass is 35.5. The van der Waals surface area contributed by atoms with Gasteiger partial charge in [0.15, 0.2) is 5.65 Å². The molecule has 0 bridgehead atoms. The van der Waals surface area contributed by atoms with Gasteiger partial charge in [-0.25, -0.2) is 17.4 Å². The minimum Gasteiger partial charge on any atom is -0.360 e. The van der Waals surface area contributed by atoms with Crippen LogP contribution in [0.5, 0.6) is 0 Å². The Morgan fingerprint density at radius 1 is 1.00 bits per heavy atom. The predicted molar refractivity (Wildman–Crippen MR) is 116 cm³/mol. The number of benzene rings is 2. The first-order chi connectivity index (χ1) is 14.0. The minimum atomic E-state index is -3.90. The lowest BCUT2D eigenvalue weighted by Gasteiger charge is -2.11. The van der Waals surface area contributed by atoms with Gasteiger partial charge in [0.2, 0.25) is 0 Å². The number of aromatic nitrogens is 3. The summed E-state index contributed by atoms with van der Waals surface area (Å²) in [6.45, 7) is 1.92. The molecule has 1 N–H and O–H groups in total. The number of pyridine rings is 1. The van der Waals surface area contributed by atoms with E-state index in [-0.39, 0.29) is 4.90 Å². The van der Waals surface area contributed by atoms with Crippen LogP contribution in [0.25, 0.3) is 33.2 Å². The number of nitrogens with one attached hydrogen (secondary N) is 1. The fourth-order valence-corrected chi connectivity index (χ4v) is 5.24. The molecular formula is C22H16ClN3O2S. The summed E-state index contributed by atoms with van der Waals surface area (Å²) in [4.78, 5) is 7.76. The Balaban J connectivity index is 1.88. The Morgan fingerprint density at radius 3 is 2.55 bits per heavy atom. The van der Waals surface area contributed by atoms with E-state index in [0.29, 0.717) is 21.7 Å². The number of aromatic amines is 1. The molecule has 5 nitrogen and oxygen atoms in total. The van der Waals surface area contributed by atoms with Crippen molar-refractivity contribution < 1.29 is 8.42 Å². The van der Waals surface area contributed by atoms with Gasteiger partial charge in [0.25, 0.3) is 10.0 Å². The number of H-pyrrole nitrogens is 1. The summed E-state index contributed by atoms with van der Waals surface area (Å²) in [7, 11) is -3.90. The molecule has 0 fully saturated rings. The Bertz CT molecular complexity index is 1480. The quantitative estimate of drug-likeness (QED) is 0.425. The van der Waals surface area contributed by atoms with E-state index in [1.54, 1.807) is 36.4 Å². The summed E-state index contributed by atoms with van der Waals surface area (Å²) in [5.41, 5.74) is 3.49. The van der Waals surface area contributed by atoms with E-state index in [1.165, 1.54) is 10.2 Å². The van der Waals surface area contributed by atoms with E-state index in [9.17, 15) is 8.42 Å². The van der Waals surface area contributed by atoms with Crippen molar-refractivity contribution in [2.24, 2.45) is 0 Å². The van der Waals surface area contributed by atoms with Gasteiger partial charge in [0, 0.05) is 34.2 Å². The van der Waals surface area contributed by atoms with E-state index in [4.69, 9.17) is 11.6 Å². The van der Waals surface area contributed by atoms with Gasteiger partial charge < -0.3 is 4.98 Å². The van der Waals surface area contributed by atoms with Gasteiger partial charge in [-0.15, -0.1) is 0 Å². The molecule has 2 aromatic carbocycles. The van der Waals surface area contributed by atoms with Crippen molar-refractivity contribution >= 4 is 43.6 Å². The molecule has 0 saturated heterocycles. The van der Waals surface area contributed by atoms with Crippen molar-refractivity contribution in [2.75, 3.05) is 0 Å². The summed E-state index contributed by atoms with van der Waals surface area (Å²) >= 11 is 6.38. The number of halogens is 1. The Labute approximate surface area is 172 Å². The summed E-state index contributed by atoms with van der Waals surface area (Å²) in [6.07, 6.45) is 3.33. The van der Waals surface area contributed by atoms with Crippen LogP contribution in [-0.2, 0) is 10.0 Å². The molecule has 0 unspecified atom stereocenters. The van der Waals surface area contributed by atoms with Crippen molar-refractivity contribution in [3.05, 3.63) is 83.6 Å². The second-order valence-corrected chi connectivity index (χ2v) is 9.08. The third-order valence-corrected chi connectivity index (χ3v) is 7.08. The molecule has 0 aliphatic heterocycles. The van der Waals surface area contributed by atoms with Crippen LogP contribution in [0, 0.1) is 6.92 Å². The standard InChI is InChI=1S/C22H16ClN3O2S/c1-14-6-8-15(9-7-14)29(27,28)26-21(12-17-19(23)10-11-24-22(17)26)18-13-25-20-5-3-2-4-16(18)20/h2-13,25H,1H3. The number of fused-ring (bicyclic) bond motifs is 2. The number of para-hydroxylation sites is 1. The van der Waals surface area contributed by atoms with Crippen LogP contribution in [-0.4, -0.2) is 22.4 Å². The third kappa shape index (κ3) is 2.75. The van der Waals surface area contributed by atoms with Gasteiger partial charge in [0.05, 0.1) is 15.6 Å². The lowest BCUT2D eigenvalue weighted by atomic mass is 10.1. The predicted octanol–water partition coefficient (Wildman–Crippen LogP) is 5.38. The first kappa shape index (κ1) is 18.0. The summed E-state index contributed by atoms with van der Waals surface area (Å²) in [5, 5.41) is 1.96. The molecule has 0 aliphatic rings. The molecule has 0 atom stereocenters. The van der Waals surface area contributed by atoms with E-state index >= 15 is 0 Å². The van der Waals surface area contributed by atoms with E-state index in [1.807, 2.05) is 37.4 Å². The van der Waals surface area contributed by atoms with E-state index in [0.717, 1.165) is 22.0 Å². The highest BCUT2D eigenvalue weighted by molar-refractivity contribution is 7.90. The SMILES string of the molecule is Cc1ccc(S(=O)(=O)n2c(-c3c[nH]c4ccccc34)cc3c(Cl)ccnc32)cc1. The maximum absolute atomic E-state index is 13.7. The van der Waals surface area contributed by atoms with Gasteiger partial charge in [-0.2, -0.15) is 0 Å². The third-order valence-electron chi connectivity index (χ3n) is 5.03. The highest BCUT2D eigenvalue weighted by Crippen LogP contribution is 2.37. The smallest absolute Gasteiger partial charge is 0.269 e. The maximum Gasteiger partial charge on any atom is 0.269 e. The van der Waals surface area contributed by atoms with Crippen LogP contribution < -0.4 is 0 Å². The lowest BCUT2D eigenvalue weighted by molar-refractivity contribution is 0.589. The molecule has 5 aromatic rings. The zero-order valence-corrected chi connectivity index (χ0v) is 17.0. The molecule has 0 saturated carbocycles. The van der Waals surface area contributed by atoms with Crippen molar-refractivity contribution in [3.8, 4) is 11.3 Å². The van der Waals surface area contributed by atoms with Crippen molar-refractivity contribution in [1.29, 1.82) is 0 Å². The lowest BCUT2D eigenvalue weighted by Crippen LogP contribution is -2.14. The van der Waals surface area contributed by atoms with Gasteiger partial charge in [-0.05, 0) is 37.3 Å². The average molecular weight is 422 g/mol. The van der Waals surface area contributed by atoms with Crippen LogP contribution in [0.1, 0.15) is 5.56 Å². The average Bonchev–Trinajstić information content (AvgIpc) is 3.30. The Hall–Kier alpha value is -3.09. The number of aryl methyl sites for hydroxylation is 1. The number of rotatable bonds is 3. The molecule has 144 valence electrons. The molecule has 3 heterocycles. The molecule has 0 amide bonds. The molecule has 5 rings (SSSR count). The zero-order valence-electron chi connectivity index (χ0n) is 15.4. The van der Waals surface area contributed by atoms with E-state index < -0.39 is 10.0 Å². The van der Waals surface area contributed by atoms with E-state index in [2.05, 4.69) is 9.97 Å². The molecule has 0 radical (unpaired) electrons. The van der Waals surface area contributed by atoms with Crippen LogP contribution in [0.3, 0.4) is 0 Å². The molecule has 29 heavy (non-hydrogen) atoms. The number of hydrogen-bond donors (Lipinski definition) is 1. The normalized spacial score (nSPS) is 12.1. The first-order valence-electron chi connectivity index (χ1n) is 9.01. The van der Waals surface area contributed by atoms with Gasteiger partial charge in [-0.1, -0.05) is 47.5 Å². The zero-order chi connectivity index (χ0) is 20.2. The minimum absolute atomic E-state index is 0.198. The molecule has 0 spiro atoms. The topological polar surface area (TPSA) is 67.8 Å². The maximum atomic E-state index is 13.7. The second kappa shape index (κ2) is 6.47. The Morgan fingerprint density at radius 2 is 1.76 bits per heavy atom. The monoisotopic (exact) mass is 421 g/mol. The van der Waals surface area contributed by atoms with Gasteiger partial charge in [-0.3, -0.25) is 0 Å². The molecule has 3 aromatic heterocycles. The summed E-state index contributed by atoms with van der Waals surface area (Å²) < 4.78 is 28.6. The molecule has 0 aliphatic carbocycles. The van der Waals surface area contributed by atoms with Crippen LogP contribution in [0.2, 0.25) is 5.02 Å². The largest absolute Gasteiger partial charge is 0.360 e. The molecule has 7 heteroatoms. The number of nitrogens with zero attached hydrogens (tertiary/aromatic N) is 2. The molecular weight excluding hydrogens is 406 g/mol. The highest BCUT2D eigenvalue weighted by Gasteiger charge is 2.26. The van der Waals surface area contributed by atoms with Crippen LogP contribution >= 0.6 is 11.6 Å². The fraction of sp³-hybridized carbons (Fsp3) is 0.0455. The van der Waals surface area contributed by atoms with Gasteiger partial charge in [0.1, 0.15) is 0 Å². The van der Waals surface area contributed by atoms with Gasteiger partial charge >= 0.3 is 0 Å². The van der Waals surface area contributed by atoms with Crippen molar-refractivity contribution in [3.63, 3.8) is 0 Å². The summed E-state index contributed by atoms with van der Waals surface area (Å²) in [6, 6.07) is 18.0. The van der Waals surface area contributed by atoms with Crippen LogP contribution in [0.4, 0.5) is 0 Å². The van der Waals surface area contributed by atoms with Crippen molar-refractivity contribution in [2.45, 2.75) is 11.8 Å². The van der Waals surface area contributed by atoms with Crippen molar-refractivity contribution in [1.82, 2.24) is 13.9 Å². The second-order valence-electron chi connectivity index (χ2n) is 6.89. The first-order valence-corrected chi connectivity index (χ1v) is 10.8. The number of hydrogen-bond acceptors (Lipinski definition) is 3. The Kier molecular flexibility index (Phi) is 4.01.